The van der Waals surface area contributed by atoms with Gasteiger partial charge in [-0.05, 0) is 36.0 Å². The molecule has 0 spiro atoms. The fraction of sp³-hybridized carbons (Fsp3) is 0.455. The van der Waals surface area contributed by atoms with Gasteiger partial charge in [-0.3, -0.25) is 0 Å². The number of halogens is 2. The SMILES string of the molecule is C=C(/C=C\C(=C)C(C)CCC(C)CC)COc1ccc(OC)c(F)c1F. The van der Waals surface area contributed by atoms with Gasteiger partial charge in [-0.15, -0.1) is 0 Å². The van der Waals surface area contributed by atoms with E-state index in [0.717, 1.165) is 17.9 Å². The highest BCUT2D eigenvalue weighted by Gasteiger charge is 2.15. The summed E-state index contributed by atoms with van der Waals surface area (Å²) in [4.78, 5) is 0. The predicted molar refractivity (Wildman–Crippen MR) is 104 cm³/mol. The van der Waals surface area contributed by atoms with Crippen LogP contribution in [-0.2, 0) is 0 Å². The summed E-state index contributed by atoms with van der Waals surface area (Å²) in [6.07, 6.45) is 7.18. The van der Waals surface area contributed by atoms with Crippen LogP contribution >= 0.6 is 0 Å². The van der Waals surface area contributed by atoms with Gasteiger partial charge >= 0.3 is 0 Å². The van der Waals surface area contributed by atoms with Crippen molar-refractivity contribution in [3.8, 4) is 11.5 Å². The van der Waals surface area contributed by atoms with E-state index in [1.54, 1.807) is 6.08 Å². The second kappa shape index (κ2) is 10.8. The molecule has 0 amide bonds. The molecule has 1 rings (SSSR count). The summed E-state index contributed by atoms with van der Waals surface area (Å²) in [7, 11) is 1.28. The minimum atomic E-state index is -1.07. The van der Waals surface area contributed by atoms with Crippen molar-refractivity contribution in [3.63, 3.8) is 0 Å². The third kappa shape index (κ3) is 6.66. The summed E-state index contributed by atoms with van der Waals surface area (Å²) in [5.41, 5.74) is 1.67. The molecule has 2 atom stereocenters. The minimum absolute atomic E-state index is 0.0632. The van der Waals surface area contributed by atoms with Gasteiger partial charge in [-0.25, -0.2) is 0 Å². The molecular weight excluding hydrogens is 334 g/mol. The van der Waals surface area contributed by atoms with Crippen molar-refractivity contribution in [2.45, 2.75) is 40.0 Å². The van der Waals surface area contributed by atoms with Crippen LogP contribution in [0.2, 0.25) is 0 Å². The summed E-state index contributed by atoms with van der Waals surface area (Å²) in [6.45, 7) is 14.7. The van der Waals surface area contributed by atoms with Crippen LogP contribution < -0.4 is 9.47 Å². The molecule has 1 aromatic rings. The molecule has 0 heterocycles. The van der Waals surface area contributed by atoms with Crippen LogP contribution in [0.4, 0.5) is 8.78 Å². The fourth-order valence-electron chi connectivity index (χ4n) is 2.31. The van der Waals surface area contributed by atoms with Gasteiger partial charge < -0.3 is 9.47 Å². The molecule has 2 nitrogen and oxygen atoms in total. The molecule has 0 aliphatic heterocycles. The molecule has 0 fully saturated rings. The van der Waals surface area contributed by atoms with Crippen molar-refractivity contribution >= 4 is 0 Å². The number of rotatable bonds is 11. The second-order valence-electron chi connectivity index (χ2n) is 6.74. The van der Waals surface area contributed by atoms with E-state index in [0.29, 0.717) is 11.5 Å². The highest BCUT2D eigenvalue weighted by atomic mass is 19.2. The van der Waals surface area contributed by atoms with E-state index in [1.165, 1.54) is 32.1 Å². The Bertz CT molecular complexity index is 650. The van der Waals surface area contributed by atoms with Crippen molar-refractivity contribution in [1.29, 1.82) is 0 Å². The number of benzene rings is 1. The van der Waals surface area contributed by atoms with Crippen molar-refractivity contribution in [3.05, 3.63) is 60.2 Å². The standard InChI is InChI=1S/C22H30F2O2/c1-7-15(2)8-10-17(4)18(5)11-9-16(3)14-26-20-13-12-19(25-6)21(23)22(20)24/h9,11-13,15,17H,3,5,7-8,10,14H2,1-2,4,6H3/b11-9-. The first-order valence-corrected chi connectivity index (χ1v) is 8.99. The minimum Gasteiger partial charge on any atom is -0.494 e. The van der Waals surface area contributed by atoms with Gasteiger partial charge in [0.05, 0.1) is 7.11 Å². The number of methoxy groups -OCH3 is 1. The van der Waals surface area contributed by atoms with Gasteiger partial charge in [0.15, 0.2) is 11.5 Å². The first-order valence-electron chi connectivity index (χ1n) is 8.99. The summed E-state index contributed by atoms with van der Waals surface area (Å²) in [5, 5.41) is 0. The Morgan fingerprint density at radius 1 is 1.08 bits per heavy atom. The Balaban J connectivity index is 2.52. The van der Waals surface area contributed by atoms with Crippen LogP contribution in [0, 0.1) is 23.5 Å². The van der Waals surface area contributed by atoms with E-state index in [2.05, 4.69) is 33.9 Å². The van der Waals surface area contributed by atoms with Crippen LogP contribution in [0.15, 0.2) is 48.6 Å². The monoisotopic (exact) mass is 364 g/mol. The Hall–Kier alpha value is -2.10. The zero-order valence-corrected chi connectivity index (χ0v) is 16.3. The van der Waals surface area contributed by atoms with Crippen molar-refractivity contribution in [2.75, 3.05) is 13.7 Å². The molecule has 0 N–H and O–H groups in total. The number of allylic oxidation sites excluding steroid dienone is 2. The topological polar surface area (TPSA) is 18.5 Å². The van der Waals surface area contributed by atoms with Gasteiger partial charge in [0.25, 0.3) is 0 Å². The average Bonchev–Trinajstić information content (AvgIpc) is 2.64. The third-order valence-electron chi connectivity index (χ3n) is 4.60. The lowest BCUT2D eigenvalue weighted by atomic mass is 9.91. The third-order valence-corrected chi connectivity index (χ3v) is 4.60. The molecule has 0 saturated carbocycles. The maximum absolute atomic E-state index is 13.9. The molecule has 0 radical (unpaired) electrons. The van der Waals surface area contributed by atoms with E-state index in [1.807, 2.05) is 6.08 Å². The molecule has 2 unspecified atom stereocenters. The molecule has 4 heteroatoms. The van der Waals surface area contributed by atoms with Crippen LogP contribution in [0.5, 0.6) is 11.5 Å². The highest BCUT2D eigenvalue weighted by Crippen LogP contribution is 2.27. The molecule has 0 aliphatic carbocycles. The zero-order valence-electron chi connectivity index (χ0n) is 16.3. The molecule has 144 valence electrons. The van der Waals surface area contributed by atoms with E-state index in [4.69, 9.17) is 9.47 Å². The largest absolute Gasteiger partial charge is 0.494 e. The zero-order chi connectivity index (χ0) is 19.7. The summed E-state index contributed by atoms with van der Waals surface area (Å²) in [6, 6.07) is 2.66. The fourth-order valence-corrected chi connectivity index (χ4v) is 2.31. The Morgan fingerprint density at radius 2 is 1.69 bits per heavy atom. The molecule has 0 bridgehead atoms. The van der Waals surface area contributed by atoms with Crippen molar-refractivity contribution < 1.29 is 18.3 Å². The second-order valence-corrected chi connectivity index (χ2v) is 6.74. The molecule has 26 heavy (non-hydrogen) atoms. The van der Waals surface area contributed by atoms with Gasteiger partial charge in [-0.1, -0.05) is 64.5 Å². The lowest BCUT2D eigenvalue weighted by Gasteiger charge is -2.15. The van der Waals surface area contributed by atoms with Crippen molar-refractivity contribution in [2.24, 2.45) is 11.8 Å². The van der Waals surface area contributed by atoms with E-state index in [9.17, 15) is 8.78 Å². The Morgan fingerprint density at radius 3 is 2.31 bits per heavy atom. The smallest absolute Gasteiger partial charge is 0.204 e. The van der Waals surface area contributed by atoms with Gasteiger partial charge in [-0.2, -0.15) is 8.78 Å². The number of hydrogen-bond donors (Lipinski definition) is 0. The van der Waals surface area contributed by atoms with E-state index in [-0.39, 0.29) is 18.1 Å². The summed E-state index contributed by atoms with van der Waals surface area (Å²) in [5.74, 6) is -1.34. The van der Waals surface area contributed by atoms with Crippen LogP contribution in [0.25, 0.3) is 0 Å². The average molecular weight is 364 g/mol. The van der Waals surface area contributed by atoms with Crippen LogP contribution in [0.3, 0.4) is 0 Å². The predicted octanol–water partition coefficient (Wildman–Crippen LogP) is 6.48. The normalized spacial score (nSPS) is 13.5. The van der Waals surface area contributed by atoms with E-state index >= 15 is 0 Å². The van der Waals surface area contributed by atoms with Crippen LogP contribution in [0.1, 0.15) is 40.0 Å². The maximum atomic E-state index is 13.9. The van der Waals surface area contributed by atoms with E-state index < -0.39 is 11.6 Å². The maximum Gasteiger partial charge on any atom is 0.204 e. The van der Waals surface area contributed by atoms with Gasteiger partial charge in [0.1, 0.15) is 6.61 Å². The molecule has 0 aromatic heterocycles. The Labute approximate surface area is 156 Å². The number of ether oxygens (including phenoxy) is 2. The quantitative estimate of drug-likeness (QED) is 0.418. The first kappa shape index (κ1) is 21.9. The lowest BCUT2D eigenvalue weighted by Crippen LogP contribution is -2.03. The summed E-state index contributed by atoms with van der Waals surface area (Å²) >= 11 is 0. The molecule has 0 saturated heterocycles. The molecule has 0 aliphatic rings. The Kier molecular flexibility index (Phi) is 9.11. The summed E-state index contributed by atoms with van der Waals surface area (Å²) < 4.78 is 37.6. The molecular formula is C22H30F2O2. The lowest BCUT2D eigenvalue weighted by molar-refractivity contribution is 0.316. The molecule has 1 aromatic carbocycles. The van der Waals surface area contributed by atoms with Crippen molar-refractivity contribution in [1.82, 2.24) is 0 Å². The first-order chi connectivity index (χ1) is 12.3. The van der Waals surface area contributed by atoms with Crippen LogP contribution in [-0.4, -0.2) is 13.7 Å². The van der Waals surface area contributed by atoms with Gasteiger partial charge in [0.2, 0.25) is 11.6 Å². The number of hydrogen-bond acceptors (Lipinski definition) is 2. The van der Waals surface area contributed by atoms with Gasteiger partial charge in [0, 0.05) is 0 Å². The highest BCUT2D eigenvalue weighted by molar-refractivity contribution is 5.35.